The molecule has 1 atom stereocenters. The predicted octanol–water partition coefficient (Wildman–Crippen LogP) is 2.85. The van der Waals surface area contributed by atoms with E-state index in [4.69, 9.17) is 4.74 Å². The molecular formula is C18H26N4O3S. The smallest absolute Gasteiger partial charge is 0.343 e. The Kier molecular flexibility index (Phi) is 7.93. The van der Waals surface area contributed by atoms with Gasteiger partial charge in [-0.15, -0.1) is 5.10 Å². The van der Waals surface area contributed by atoms with Gasteiger partial charge in [0.25, 0.3) is 0 Å². The summed E-state index contributed by atoms with van der Waals surface area (Å²) in [6.07, 6.45) is 1.79. The van der Waals surface area contributed by atoms with Crippen molar-refractivity contribution in [1.29, 1.82) is 0 Å². The molecule has 2 N–H and O–H groups in total. The van der Waals surface area contributed by atoms with E-state index >= 15 is 0 Å². The van der Waals surface area contributed by atoms with Gasteiger partial charge in [0.15, 0.2) is 5.16 Å². The second kappa shape index (κ2) is 10.2. The van der Waals surface area contributed by atoms with Gasteiger partial charge in [-0.1, -0.05) is 37.7 Å². The Morgan fingerprint density at radius 2 is 2.12 bits per heavy atom. The summed E-state index contributed by atoms with van der Waals surface area (Å²) in [5.41, 5.74) is 1.75. The number of methoxy groups -OCH3 is 1. The van der Waals surface area contributed by atoms with E-state index in [1.54, 1.807) is 7.11 Å². The number of rotatable bonds is 10. The SMILES string of the molecule is CC[C@H](C)c1ccc(NC(=O)CSc2n[nH]c(=O)n2CCCOC)cc1. The number of carbonyl (C=O) groups is 1. The molecule has 0 bridgehead atoms. The summed E-state index contributed by atoms with van der Waals surface area (Å²) in [6, 6.07) is 7.91. The van der Waals surface area contributed by atoms with Crippen LogP contribution in [0.3, 0.4) is 0 Å². The van der Waals surface area contributed by atoms with Crippen LogP contribution in [0.15, 0.2) is 34.2 Å². The van der Waals surface area contributed by atoms with Gasteiger partial charge in [-0.25, -0.2) is 9.89 Å². The summed E-state index contributed by atoms with van der Waals surface area (Å²) in [5.74, 6) is 0.553. The topological polar surface area (TPSA) is 89.0 Å². The molecule has 0 fully saturated rings. The van der Waals surface area contributed by atoms with Gasteiger partial charge in [0.05, 0.1) is 5.75 Å². The van der Waals surface area contributed by atoms with E-state index in [1.165, 1.54) is 21.9 Å². The van der Waals surface area contributed by atoms with Gasteiger partial charge in [-0.2, -0.15) is 0 Å². The highest BCUT2D eigenvalue weighted by Crippen LogP contribution is 2.21. The number of hydrogen-bond acceptors (Lipinski definition) is 5. The molecule has 0 radical (unpaired) electrons. The Morgan fingerprint density at radius 1 is 1.38 bits per heavy atom. The normalized spacial score (nSPS) is 12.1. The van der Waals surface area contributed by atoms with Crippen LogP contribution < -0.4 is 11.0 Å². The monoisotopic (exact) mass is 378 g/mol. The maximum Gasteiger partial charge on any atom is 0.343 e. The lowest BCUT2D eigenvalue weighted by molar-refractivity contribution is -0.113. The highest BCUT2D eigenvalue weighted by Gasteiger charge is 2.11. The van der Waals surface area contributed by atoms with Crippen LogP contribution in [0.2, 0.25) is 0 Å². The van der Waals surface area contributed by atoms with E-state index in [-0.39, 0.29) is 17.3 Å². The molecule has 0 unspecified atom stereocenters. The van der Waals surface area contributed by atoms with Crippen molar-refractivity contribution >= 4 is 23.4 Å². The summed E-state index contributed by atoms with van der Waals surface area (Å²) in [4.78, 5) is 23.9. The number of thioether (sulfide) groups is 1. The molecule has 8 heteroatoms. The molecule has 2 rings (SSSR count). The number of ether oxygens (including phenoxy) is 1. The van der Waals surface area contributed by atoms with E-state index in [9.17, 15) is 9.59 Å². The third-order valence-corrected chi connectivity index (χ3v) is 5.14. The van der Waals surface area contributed by atoms with Crippen LogP contribution in [0, 0.1) is 0 Å². The molecule has 1 amide bonds. The Morgan fingerprint density at radius 3 is 2.77 bits per heavy atom. The van der Waals surface area contributed by atoms with Crippen molar-refractivity contribution in [3.63, 3.8) is 0 Å². The van der Waals surface area contributed by atoms with Gasteiger partial charge in [-0.05, 0) is 36.5 Å². The van der Waals surface area contributed by atoms with E-state index in [2.05, 4.69) is 29.4 Å². The number of aromatic amines is 1. The molecule has 0 saturated carbocycles. The van der Waals surface area contributed by atoms with E-state index in [0.29, 0.717) is 30.6 Å². The molecule has 7 nitrogen and oxygen atoms in total. The molecule has 0 spiro atoms. The standard InChI is InChI=1S/C18H26N4O3S/c1-4-13(2)14-6-8-15(9-7-14)19-16(23)12-26-18-21-20-17(24)22(18)10-5-11-25-3/h6-9,13H,4-5,10-12H2,1-3H3,(H,19,23)(H,20,24)/t13-/m0/s1. The minimum absolute atomic E-state index is 0.134. The number of H-pyrrole nitrogens is 1. The minimum Gasteiger partial charge on any atom is -0.385 e. The summed E-state index contributed by atoms with van der Waals surface area (Å²) in [6.45, 7) is 5.40. The first-order valence-electron chi connectivity index (χ1n) is 8.71. The summed E-state index contributed by atoms with van der Waals surface area (Å²) < 4.78 is 6.52. The zero-order chi connectivity index (χ0) is 18.9. The number of benzene rings is 1. The van der Waals surface area contributed by atoms with Crippen LogP contribution >= 0.6 is 11.8 Å². The lowest BCUT2D eigenvalue weighted by atomic mass is 9.99. The maximum absolute atomic E-state index is 12.2. The number of carbonyl (C=O) groups excluding carboxylic acids is 1. The average molecular weight is 378 g/mol. The van der Waals surface area contributed by atoms with E-state index < -0.39 is 0 Å². The Bertz CT molecular complexity index is 755. The molecule has 0 saturated heterocycles. The fraction of sp³-hybridized carbons (Fsp3) is 0.500. The quantitative estimate of drug-likeness (QED) is 0.490. The number of hydrogen-bond donors (Lipinski definition) is 2. The van der Waals surface area contributed by atoms with Crippen LogP contribution in [0.1, 0.15) is 38.2 Å². The number of aromatic nitrogens is 3. The summed E-state index contributed by atoms with van der Waals surface area (Å²) in [7, 11) is 1.62. The fourth-order valence-corrected chi connectivity index (χ4v) is 3.21. The Labute approximate surface area is 157 Å². The van der Waals surface area contributed by atoms with Crippen molar-refractivity contribution in [1.82, 2.24) is 14.8 Å². The minimum atomic E-state index is -0.273. The van der Waals surface area contributed by atoms with Crippen molar-refractivity contribution in [2.75, 3.05) is 24.8 Å². The Hall–Kier alpha value is -2.06. The van der Waals surface area contributed by atoms with Gasteiger partial charge >= 0.3 is 5.69 Å². The van der Waals surface area contributed by atoms with Crippen molar-refractivity contribution in [3.05, 3.63) is 40.3 Å². The molecule has 0 aliphatic heterocycles. The zero-order valence-electron chi connectivity index (χ0n) is 15.4. The van der Waals surface area contributed by atoms with Crippen molar-refractivity contribution in [2.24, 2.45) is 0 Å². The summed E-state index contributed by atoms with van der Waals surface area (Å²) in [5, 5.41) is 9.78. The van der Waals surface area contributed by atoms with Gasteiger partial charge in [0.1, 0.15) is 0 Å². The average Bonchev–Trinajstić information content (AvgIpc) is 3.00. The van der Waals surface area contributed by atoms with Crippen LogP contribution in [-0.4, -0.2) is 40.1 Å². The van der Waals surface area contributed by atoms with Crippen LogP contribution in [0.4, 0.5) is 5.69 Å². The second-order valence-electron chi connectivity index (χ2n) is 6.08. The van der Waals surface area contributed by atoms with Crippen molar-refractivity contribution in [3.8, 4) is 0 Å². The molecule has 26 heavy (non-hydrogen) atoms. The molecule has 1 aromatic heterocycles. The van der Waals surface area contributed by atoms with Gasteiger partial charge < -0.3 is 10.1 Å². The lowest BCUT2D eigenvalue weighted by Gasteiger charge is -2.10. The lowest BCUT2D eigenvalue weighted by Crippen LogP contribution is -2.19. The highest BCUT2D eigenvalue weighted by molar-refractivity contribution is 7.99. The largest absolute Gasteiger partial charge is 0.385 e. The molecular weight excluding hydrogens is 352 g/mol. The van der Waals surface area contributed by atoms with Crippen LogP contribution in [0.25, 0.3) is 0 Å². The first-order valence-corrected chi connectivity index (χ1v) is 9.70. The molecule has 0 aliphatic rings. The second-order valence-corrected chi connectivity index (χ2v) is 7.02. The van der Waals surface area contributed by atoms with E-state index in [1.807, 2.05) is 24.3 Å². The molecule has 1 aromatic carbocycles. The molecule has 142 valence electrons. The van der Waals surface area contributed by atoms with Crippen LogP contribution in [-0.2, 0) is 16.1 Å². The molecule has 2 aromatic rings. The van der Waals surface area contributed by atoms with Crippen LogP contribution in [0.5, 0.6) is 0 Å². The van der Waals surface area contributed by atoms with Gasteiger partial charge in [0.2, 0.25) is 5.91 Å². The number of amides is 1. The van der Waals surface area contributed by atoms with Crippen molar-refractivity contribution in [2.45, 2.75) is 44.3 Å². The molecule has 1 heterocycles. The van der Waals surface area contributed by atoms with E-state index in [0.717, 1.165) is 12.1 Å². The van der Waals surface area contributed by atoms with Gasteiger partial charge in [0, 0.05) is 25.9 Å². The van der Waals surface area contributed by atoms with Crippen molar-refractivity contribution < 1.29 is 9.53 Å². The van der Waals surface area contributed by atoms with Gasteiger partial charge in [-0.3, -0.25) is 9.36 Å². The predicted molar refractivity (Wildman–Crippen MR) is 104 cm³/mol. The number of nitrogens with one attached hydrogen (secondary N) is 2. The molecule has 0 aliphatic carbocycles. The fourth-order valence-electron chi connectivity index (χ4n) is 2.44. The highest BCUT2D eigenvalue weighted by atomic mass is 32.2. The third kappa shape index (κ3) is 5.74. The first kappa shape index (κ1) is 20.3. The number of nitrogens with zero attached hydrogens (tertiary/aromatic N) is 2. The Balaban J connectivity index is 1.88. The number of anilines is 1. The zero-order valence-corrected chi connectivity index (χ0v) is 16.3. The third-order valence-electron chi connectivity index (χ3n) is 4.16. The maximum atomic E-state index is 12.2. The first-order chi connectivity index (χ1) is 12.5. The summed E-state index contributed by atoms with van der Waals surface area (Å²) >= 11 is 1.23.